The van der Waals surface area contributed by atoms with Gasteiger partial charge in [0, 0.05) is 11.3 Å². The highest BCUT2D eigenvalue weighted by Crippen LogP contribution is 2.23. The van der Waals surface area contributed by atoms with Crippen LogP contribution in [0.1, 0.15) is 16.8 Å². The summed E-state index contributed by atoms with van der Waals surface area (Å²) >= 11 is 1.30. The molecule has 0 atom stereocenters. The van der Waals surface area contributed by atoms with Gasteiger partial charge in [0.1, 0.15) is 12.1 Å². The summed E-state index contributed by atoms with van der Waals surface area (Å²) in [5.74, 6) is -0.149. The van der Waals surface area contributed by atoms with Crippen LogP contribution in [0.5, 0.6) is 0 Å². The van der Waals surface area contributed by atoms with E-state index in [4.69, 9.17) is 15.4 Å². The van der Waals surface area contributed by atoms with Crippen LogP contribution in [0.25, 0.3) is 0 Å². The van der Waals surface area contributed by atoms with Crippen LogP contribution in [0.15, 0.2) is 39.3 Å². The van der Waals surface area contributed by atoms with E-state index in [1.165, 1.54) is 17.8 Å². The minimum absolute atomic E-state index is 0.124. The van der Waals surface area contributed by atoms with E-state index in [0.29, 0.717) is 22.1 Å². The maximum Gasteiger partial charge on any atom is 0.256 e. The molecule has 2 rings (SSSR count). The van der Waals surface area contributed by atoms with Gasteiger partial charge in [0.2, 0.25) is 0 Å². The monoisotopic (exact) mass is 281 g/mol. The molecule has 0 spiro atoms. The van der Waals surface area contributed by atoms with Crippen LogP contribution in [0.4, 0.5) is 4.39 Å². The fourth-order valence-corrected chi connectivity index (χ4v) is 2.26. The normalized spacial score (nSPS) is 11.8. The molecule has 0 amide bonds. The van der Waals surface area contributed by atoms with Gasteiger partial charge in [0.25, 0.3) is 5.22 Å². The van der Waals surface area contributed by atoms with Crippen LogP contribution in [-0.2, 0) is 5.75 Å². The van der Waals surface area contributed by atoms with Gasteiger partial charge in [-0.15, -0.1) is 0 Å². The fourth-order valence-electron chi connectivity index (χ4n) is 1.42. The highest BCUT2D eigenvalue weighted by atomic mass is 32.2. The summed E-state index contributed by atoms with van der Waals surface area (Å²) in [4.78, 5) is 4.12. The molecule has 0 bridgehead atoms. The van der Waals surface area contributed by atoms with Crippen molar-refractivity contribution in [1.29, 1.82) is 0 Å². The Kier molecular flexibility index (Phi) is 4.06. The van der Waals surface area contributed by atoms with Gasteiger partial charge in [0.15, 0.2) is 5.84 Å². The summed E-state index contributed by atoms with van der Waals surface area (Å²) in [7, 11) is 0. The van der Waals surface area contributed by atoms with E-state index in [1.54, 1.807) is 18.4 Å². The Morgan fingerprint density at radius 1 is 1.58 bits per heavy atom. The van der Waals surface area contributed by atoms with Gasteiger partial charge in [-0.3, -0.25) is 0 Å². The number of aryl methyl sites for hydroxylation is 1. The first-order valence-corrected chi connectivity index (χ1v) is 6.40. The average Bonchev–Trinajstić information content (AvgIpc) is 2.82. The molecule has 1 heterocycles. The third kappa shape index (κ3) is 3.25. The number of nitrogens with two attached hydrogens (primary N) is 1. The van der Waals surface area contributed by atoms with Crippen molar-refractivity contribution >= 4 is 17.6 Å². The highest BCUT2D eigenvalue weighted by Gasteiger charge is 2.09. The van der Waals surface area contributed by atoms with Crippen LogP contribution in [0, 0.1) is 12.7 Å². The minimum atomic E-state index is -0.417. The van der Waals surface area contributed by atoms with Crippen molar-refractivity contribution in [2.45, 2.75) is 17.9 Å². The van der Waals surface area contributed by atoms with Crippen LogP contribution >= 0.6 is 11.8 Å². The topological polar surface area (TPSA) is 84.6 Å². The maximum absolute atomic E-state index is 13.8. The second-order valence-corrected chi connectivity index (χ2v) is 4.76. The quantitative estimate of drug-likeness (QED) is 0.296. The number of oxazole rings is 1. The highest BCUT2D eigenvalue weighted by molar-refractivity contribution is 7.98. The van der Waals surface area contributed by atoms with E-state index < -0.39 is 5.82 Å². The zero-order chi connectivity index (χ0) is 13.8. The number of nitrogens with zero attached hydrogens (tertiary/aromatic N) is 2. The van der Waals surface area contributed by atoms with E-state index in [0.717, 1.165) is 5.69 Å². The fraction of sp³-hybridized carbons (Fsp3) is 0.167. The molecule has 7 heteroatoms. The molecule has 0 aliphatic rings. The Morgan fingerprint density at radius 3 is 2.95 bits per heavy atom. The van der Waals surface area contributed by atoms with E-state index in [2.05, 4.69) is 10.1 Å². The molecule has 1 aromatic carbocycles. The van der Waals surface area contributed by atoms with Gasteiger partial charge in [0.05, 0.1) is 5.69 Å². The average molecular weight is 281 g/mol. The van der Waals surface area contributed by atoms with E-state index in [-0.39, 0.29) is 5.84 Å². The van der Waals surface area contributed by atoms with Crippen LogP contribution in [0.3, 0.4) is 0 Å². The molecule has 0 saturated heterocycles. The Labute approximate surface area is 113 Å². The predicted molar refractivity (Wildman–Crippen MR) is 69.7 cm³/mol. The number of hydrogen-bond donors (Lipinski definition) is 2. The first-order chi connectivity index (χ1) is 9.10. The lowest BCUT2D eigenvalue weighted by molar-refractivity contribution is 0.318. The molecule has 0 saturated carbocycles. The van der Waals surface area contributed by atoms with E-state index >= 15 is 0 Å². The predicted octanol–water partition coefficient (Wildman–Crippen LogP) is 2.51. The van der Waals surface area contributed by atoms with Gasteiger partial charge in [-0.25, -0.2) is 9.37 Å². The molecule has 0 radical (unpaired) electrons. The summed E-state index contributed by atoms with van der Waals surface area (Å²) in [6, 6.07) is 4.41. The molecule has 0 aliphatic heterocycles. The van der Waals surface area contributed by atoms with Gasteiger partial charge >= 0.3 is 0 Å². The second kappa shape index (κ2) is 5.75. The number of thioether (sulfide) groups is 1. The van der Waals surface area contributed by atoms with Gasteiger partial charge < -0.3 is 15.4 Å². The third-order valence-corrected chi connectivity index (χ3v) is 3.30. The maximum atomic E-state index is 13.8. The molecular formula is C12H12FN3O2S. The van der Waals surface area contributed by atoms with Crippen molar-refractivity contribution in [1.82, 2.24) is 4.98 Å². The summed E-state index contributed by atoms with van der Waals surface area (Å²) in [6.45, 7) is 1.82. The number of benzene rings is 1. The molecule has 0 unspecified atom stereocenters. The van der Waals surface area contributed by atoms with E-state index in [9.17, 15) is 4.39 Å². The third-order valence-electron chi connectivity index (χ3n) is 2.41. The van der Waals surface area contributed by atoms with Crippen molar-refractivity contribution < 1.29 is 14.0 Å². The first kappa shape index (κ1) is 13.4. The number of halogens is 1. The van der Waals surface area contributed by atoms with Gasteiger partial charge in [-0.2, -0.15) is 0 Å². The summed E-state index contributed by atoms with van der Waals surface area (Å²) in [6.07, 6.45) is 1.54. The first-order valence-electron chi connectivity index (χ1n) is 5.41. The van der Waals surface area contributed by atoms with Crippen molar-refractivity contribution in [3.63, 3.8) is 0 Å². The lowest BCUT2D eigenvalue weighted by Crippen LogP contribution is -2.13. The standard InChI is InChI=1S/C12H12FN3O2S/c1-7-5-18-12(15-7)19-6-9-3-2-8(4-10(9)13)11(14)16-17/h2-5,17H,6H2,1H3,(H2,14,16). The zero-order valence-electron chi connectivity index (χ0n) is 10.1. The Bertz CT molecular complexity index is 613. The largest absolute Gasteiger partial charge is 0.440 e. The van der Waals surface area contributed by atoms with Crippen LogP contribution < -0.4 is 5.73 Å². The molecule has 0 fully saturated rings. The number of oxime groups is 1. The van der Waals surface area contributed by atoms with Gasteiger partial charge in [-0.1, -0.05) is 29.1 Å². The molecule has 100 valence electrons. The Morgan fingerprint density at radius 2 is 2.37 bits per heavy atom. The van der Waals surface area contributed by atoms with Crippen LogP contribution in [0.2, 0.25) is 0 Å². The molecular weight excluding hydrogens is 269 g/mol. The zero-order valence-corrected chi connectivity index (χ0v) is 10.9. The second-order valence-electron chi connectivity index (χ2n) is 3.83. The molecule has 1 aromatic heterocycles. The van der Waals surface area contributed by atoms with Gasteiger partial charge in [-0.05, 0) is 18.6 Å². The van der Waals surface area contributed by atoms with E-state index in [1.807, 2.05) is 6.92 Å². The molecule has 5 nitrogen and oxygen atoms in total. The SMILES string of the molecule is Cc1coc(SCc2ccc(/C(N)=N/O)cc2F)n1. The minimum Gasteiger partial charge on any atom is -0.440 e. The molecule has 0 aliphatic carbocycles. The van der Waals surface area contributed by atoms with Crippen molar-refractivity contribution in [2.75, 3.05) is 0 Å². The van der Waals surface area contributed by atoms with Crippen molar-refractivity contribution in [2.24, 2.45) is 10.9 Å². The Hall–Kier alpha value is -2.02. The lowest BCUT2D eigenvalue weighted by Gasteiger charge is -2.04. The molecule has 19 heavy (non-hydrogen) atoms. The summed E-state index contributed by atoms with van der Waals surface area (Å²) in [5, 5.41) is 11.8. The molecule has 2 aromatic rings. The Balaban J connectivity index is 2.09. The number of rotatable bonds is 4. The molecule has 3 N–H and O–H groups in total. The summed E-state index contributed by atoms with van der Waals surface area (Å²) in [5.41, 5.74) is 7.00. The van der Waals surface area contributed by atoms with Crippen LogP contribution in [-0.4, -0.2) is 16.0 Å². The summed E-state index contributed by atoms with van der Waals surface area (Å²) < 4.78 is 19.0. The van der Waals surface area contributed by atoms with Crippen molar-refractivity contribution in [3.05, 3.63) is 47.1 Å². The number of aromatic nitrogens is 1. The smallest absolute Gasteiger partial charge is 0.256 e. The lowest BCUT2D eigenvalue weighted by atomic mass is 10.1. The van der Waals surface area contributed by atoms with Crippen molar-refractivity contribution in [3.8, 4) is 0 Å². The number of amidine groups is 1. The number of hydrogen-bond acceptors (Lipinski definition) is 5.